The van der Waals surface area contributed by atoms with E-state index in [1.54, 1.807) is 7.11 Å². The van der Waals surface area contributed by atoms with Crippen molar-refractivity contribution in [2.24, 2.45) is 0 Å². The van der Waals surface area contributed by atoms with Crippen LogP contribution in [0.15, 0.2) is 83.9 Å². The number of anilines is 1. The Balaban J connectivity index is 1.43. The zero-order chi connectivity index (χ0) is 28.1. The highest BCUT2D eigenvalue weighted by Gasteiger charge is 2.24. The Bertz CT molecular complexity index is 1620. The molecule has 2 heterocycles. The number of carbonyl (C=O) groups is 1. The van der Waals surface area contributed by atoms with E-state index in [-0.39, 0.29) is 10.5 Å². The normalized spacial score (nSPS) is 12.9. The van der Waals surface area contributed by atoms with Gasteiger partial charge in [0.25, 0.3) is 15.9 Å². The van der Waals surface area contributed by atoms with Crippen molar-refractivity contribution in [3.05, 3.63) is 107 Å². The minimum Gasteiger partial charge on any atom is -0.497 e. The van der Waals surface area contributed by atoms with Crippen LogP contribution in [0.1, 0.15) is 32.7 Å². The van der Waals surface area contributed by atoms with E-state index in [9.17, 15) is 13.2 Å². The largest absolute Gasteiger partial charge is 0.497 e. The summed E-state index contributed by atoms with van der Waals surface area (Å²) in [5, 5.41) is 0. The number of hydrogen-bond acceptors (Lipinski definition) is 8. The lowest BCUT2D eigenvalue weighted by Crippen LogP contribution is -2.34. The number of fused-ring (bicyclic) bond motifs is 1. The summed E-state index contributed by atoms with van der Waals surface area (Å²) < 4.78 is 38.6. The van der Waals surface area contributed by atoms with Crippen molar-refractivity contribution < 1.29 is 22.7 Å². The molecule has 0 saturated carbocycles. The van der Waals surface area contributed by atoms with Gasteiger partial charge < -0.3 is 14.4 Å². The maximum absolute atomic E-state index is 13.3. The molecule has 0 bridgehead atoms. The fraction of sp³-hybridized carbons (Fsp3) is 0.233. The van der Waals surface area contributed by atoms with Crippen LogP contribution < -0.4 is 19.1 Å². The third-order valence-corrected chi connectivity index (χ3v) is 8.24. The van der Waals surface area contributed by atoms with Gasteiger partial charge in [0, 0.05) is 19.3 Å². The van der Waals surface area contributed by atoms with Gasteiger partial charge in [0.15, 0.2) is 0 Å². The van der Waals surface area contributed by atoms with Gasteiger partial charge in [-0.1, -0.05) is 36.4 Å². The number of hydrogen-bond donors (Lipinski definition) is 1. The average molecular weight is 559 g/mol. The Morgan fingerprint density at radius 2 is 1.68 bits per heavy atom. The number of carbonyl (C=O) groups excluding carboxylic acids is 1. The molecule has 1 amide bonds. The van der Waals surface area contributed by atoms with Crippen molar-refractivity contribution in [1.82, 2.24) is 14.7 Å². The van der Waals surface area contributed by atoms with Crippen molar-refractivity contribution in [2.45, 2.75) is 30.7 Å². The van der Waals surface area contributed by atoms with E-state index in [4.69, 9.17) is 14.5 Å². The predicted molar refractivity (Wildman–Crippen MR) is 151 cm³/mol. The van der Waals surface area contributed by atoms with Crippen molar-refractivity contribution in [2.75, 3.05) is 25.7 Å². The Morgan fingerprint density at radius 1 is 0.925 bits per heavy atom. The van der Waals surface area contributed by atoms with Crippen LogP contribution >= 0.6 is 0 Å². The summed E-state index contributed by atoms with van der Waals surface area (Å²) in [7, 11) is -1.03. The summed E-state index contributed by atoms with van der Waals surface area (Å²) in [5.74, 6) is 0.961. The van der Waals surface area contributed by atoms with Gasteiger partial charge in [-0.15, -0.1) is 0 Å². The second kappa shape index (κ2) is 11.7. The molecule has 10 heteroatoms. The van der Waals surface area contributed by atoms with Gasteiger partial charge in [-0.05, 0) is 72.4 Å². The summed E-state index contributed by atoms with van der Waals surface area (Å²) in [4.78, 5) is 24.6. The van der Waals surface area contributed by atoms with E-state index in [1.165, 1.54) is 48.7 Å². The number of sulfonamides is 1. The molecule has 0 fully saturated rings. The van der Waals surface area contributed by atoms with Crippen LogP contribution in [0, 0.1) is 0 Å². The van der Waals surface area contributed by atoms with Crippen LogP contribution in [0.4, 0.5) is 5.95 Å². The molecule has 1 aliphatic rings. The van der Waals surface area contributed by atoms with Crippen molar-refractivity contribution in [3.8, 4) is 11.5 Å². The first-order valence-electron chi connectivity index (χ1n) is 12.9. The molecule has 0 saturated heterocycles. The zero-order valence-corrected chi connectivity index (χ0v) is 23.1. The van der Waals surface area contributed by atoms with E-state index in [0.717, 1.165) is 24.3 Å². The van der Waals surface area contributed by atoms with Crippen LogP contribution in [0.25, 0.3) is 0 Å². The molecule has 0 aliphatic carbocycles. The first-order valence-corrected chi connectivity index (χ1v) is 14.4. The number of ether oxygens (including phenoxy) is 2. The Labute approximate surface area is 233 Å². The third kappa shape index (κ3) is 6.07. The molecule has 40 heavy (non-hydrogen) atoms. The number of aryl methyl sites for hydroxylation is 2. The Morgan fingerprint density at radius 3 is 2.42 bits per heavy atom. The molecule has 0 spiro atoms. The molecule has 1 N–H and O–H groups in total. The van der Waals surface area contributed by atoms with Crippen molar-refractivity contribution in [1.29, 1.82) is 0 Å². The van der Waals surface area contributed by atoms with Gasteiger partial charge in [0.1, 0.15) is 11.5 Å². The first kappa shape index (κ1) is 27.1. The van der Waals surface area contributed by atoms with Crippen LogP contribution in [-0.2, 0) is 35.8 Å². The van der Waals surface area contributed by atoms with Crippen LogP contribution in [0.2, 0.25) is 0 Å². The molecule has 9 nitrogen and oxygen atoms in total. The number of methoxy groups -OCH3 is 2. The standard InChI is InChI=1S/C30H30N4O5S/c1-38-24-11-13-26(14-12-24)40(36,37)33-29(35)27-19-31-30(34-17-16-22-7-3-4-8-23(22)20-34)32-28(27)15-10-21-6-5-9-25(18-21)39-2/h3-9,11-14,18-19H,10,15-17,20H2,1-2H3,(H,33,35). The molecule has 0 radical (unpaired) electrons. The molecule has 3 aromatic carbocycles. The van der Waals surface area contributed by atoms with Crippen LogP contribution in [-0.4, -0.2) is 45.1 Å². The summed E-state index contributed by atoms with van der Waals surface area (Å²) >= 11 is 0. The van der Waals surface area contributed by atoms with E-state index >= 15 is 0 Å². The van der Waals surface area contributed by atoms with E-state index in [0.29, 0.717) is 36.8 Å². The summed E-state index contributed by atoms with van der Waals surface area (Å²) in [6, 6.07) is 21.7. The number of benzene rings is 3. The fourth-order valence-corrected chi connectivity index (χ4v) is 5.65. The summed E-state index contributed by atoms with van der Waals surface area (Å²) in [5.41, 5.74) is 4.10. The molecule has 0 unspecified atom stereocenters. The lowest BCUT2D eigenvalue weighted by atomic mass is 10.0. The monoisotopic (exact) mass is 558 g/mol. The molecule has 5 rings (SSSR count). The summed E-state index contributed by atoms with van der Waals surface area (Å²) in [6.07, 6.45) is 3.25. The molecule has 1 aliphatic heterocycles. The zero-order valence-electron chi connectivity index (χ0n) is 22.3. The highest BCUT2D eigenvalue weighted by atomic mass is 32.2. The third-order valence-electron chi connectivity index (χ3n) is 6.89. The lowest BCUT2D eigenvalue weighted by molar-refractivity contribution is 0.0979. The lowest BCUT2D eigenvalue weighted by Gasteiger charge is -2.29. The number of amides is 1. The molecule has 206 valence electrons. The minimum atomic E-state index is -4.13. The van der Waals surface area contributed by atoms with Gasteiger partial charge in [-0.2, -0.15) is 0 Å². The number of nitrogens with zero attached hydrogens (tertiary/aromatic N) is 3. The molecule has 4 aromatic rings. The second-order valence-corrected chi connectivity index (χ2v) is 11.1. The average Bonchev–Trinajstić information content (AvgIpc) is 2.99. The Hall–Kier alpha value is -4.44. The summed E-state index contributed by atoms with van der Waals surface area (Å²) in [6.45, 7) is 1.40. The number of rotatable bonds is 9. The second-order valence-electron chi connectivity index (χ2n) is 9.43. The van der Waals surface area contributed by atoms with Crippen molar-refractivity contribution in [3.63, 3.8) is 0 Å². The molecular weight excluding hydrogens is 528 g/mol. The predicted octanol–water partition coefficient (Wildman–Crippen LogP) is 3.96. The highest BCUT2D eigenvalue weighted by Crippen LogP contribution is 2.24. The highest BCUT2D eigenvalue weighted by molar-refractivity contribution is 7.90. The van der Waals surface area contributed by atoms with E-state index < -0.39 is 15.9 Å². The van der Waals surface area contributed by atoms with E-state index in [1.807, 2.05) is 36.4 Å². The number of nitrogens with one attached hydrogen (secondary N) is 1. The SMILES string of the molecule is COc1ccc(S(=O)(=O)NC(=O)c2cnc(N3CCc4ccccc4C3)nc2CCc2cccc(OC)c2)cc1. The Kier molecular flexibility index (Phi) is 7.97. The molecule has 0 atom stereocenters. The maximum Gasteiger partial charge on any atom is 0.268 e. The smallest absolute Gasteiger partial charge is 0.268 e. The minimum absolute atomic E-state index is 0.0518. The van der Waals surface area contributed by atoms with Crippen LogP contribution in [0.3, 0.4) is 0 Å². The molecular formula is C30H30N4O5S. The fourth-order valence-electron chi connectivity index (χ4n) is 4.69. The quantitative estimate of drug-likeness (QED) is 0.329. The first-order chi connectivity index (χ1) is 19.4. The van der Waals surface area contributed by atoms with Crippen LogP contribution in [0.5, 0.6) is 11.5 Å². The maximum atomic E-state index is 13.3. The van der Waals surface area contributed by atoms with Gasteiger partial charge in [0.2, 0.25) is 5.95 Å². The topological polar surface area (TPSA) is 111 Å². The van der Waals surface area contributed by atoms with Crippen molar-refractivity contribution >= 4 is 21.9 Å². The van der Waals surface area contributed by atoms with Gasteiger partial charge in [-0.3, -0.25) is 4.79 Å². The van der Waals surface area contributed by atoms with Gasteiger partial charge >= 0.3 is 0 Å². The number of aromatic nitrogens is 2. The van der Waals surface area contributed by atoms with E-state index in [2.05, 4.69) is 26.7 Å². The molecule has 1 aromatic heterocycles. The van der Waals surface area contributed by atoms with Gasteiger partial charge in [0.05, 0.1) is 30.4 Å². The van der Waals surface area contributed by atoms with Gasteiger partial charge in [-0.25, -0.2) is 23.1 Å².